The highest BCUT2D eigenvalue weighted by Crippen LogP contribution is 2.28. The number of hydrogen-bond acceptors (Lipinski definition) is 6. The Morgan fingerprint density at radius 2 is 1.73 bits per heavy atom. The Morgan fingerprint density at radius 3 is 2.36 bits per heavy atom. The predicted molar refractivity (Wildman–Crippen MR) is 127 cm³/mol. The Bertz CT molecular complexity index is 1070. The van der Waals surface area contributed by atoms with Gasteiger partial charge >= 0.3 is 0 Å². The first-order valence-electron chi connectivity index (χ1n) is 10.8. The Balaban J connectivity index is 1.83. The highest BCUT2D eigenvalue weighted by Gasteiger charge is 2.15. The van der Waals surface area contributed by atoms with Gasteiger partial charge in [-0.15, -0.1) is 0 Å². The average molecular weight is 477 g/mol. The van der Waals surface area contributed by atoms with Crippen LogP contribution >= 0.6 is 0 Å². The molecule has 0 aromatic heterocycles. The molecule has 2 rings (SSSR count). The third kappa shape index (κ3) is 8.86. The van der Waals surface area contributed by atoms with Gasteiger partial charge in [-0.1, -0.05) is 24.3 Å². The van der Waals surface area contributed by atoms with E-state index in [1.54, 1.807) is 50.2 Å². The minimum absolute atomic E-state index is 0.0631. The van der Waals surface area contributed by atoms with E-state index in [2.05, 4.69) is 10.0 Å². The lowest BCUT2D eigenvalue weighted by Crippen LogP contribution is -2.32. The zero-order chi connectivity index (χ0) is 24.4. The van der Waals surface area contributed by atoms with Crippen LogP contribution < -0.4 is 19.5 Å². The normalized spacial score (nSPS) is 11.3. The molecular formula is C24H32N2O6S. The first-order chi connectivity index (χ1) is 15.6. The van der Waals surface area contributed by atoms with Gasteiger partial charge in [-0.3, -0.25) is 9.59 Å². The molecule has 0 fully saturated rings. The van der Waals surface area contributed by atoms with Gasteiger partial charge < -0.3 is 14.8 Å². The first kappa shape index (κ1) is 26.3. The average Bonchev–Trinajstić information content (AvgIpc) is 2.74. The van der Waals surface area contributed by atoms with Gasteiger partial charge in [0.25, 0.3) is 0 Å². The van der Waals surface area contributed by atoms with Crippen molar-refractivity contribution in [1.29, 1.82) is 0 Å². The molecule has 33 heavy (non-hydrogen) atoms. The van der Waals surface area contributed by atoms with Crippen molar-refractivity contribution in [3.8, 4) is 11.5 Å². The molecule has 2 aromatic rings. The standard InChI is InChI=1S/C24H32N2O6S/c1-17(2)26-33(29,30)16-21-9-6-5-8-20(21)15-25-24(28)10-7-13-32-22-12-11-19(18(3)27)14-23(22)31-4/h5-6,8-9,11-12,14,17,26H,7,10,13,15-16H2,1-4H3,(H,25,28). The van der Waals surface area contributed by atoms with Gasteiger partial charge in [-0.25, -0.2) is 13.1 Å². The van der Waals surface area contributed by atoms with E-state index in [1.807, 2.05) is 6.07 Å². The number of methoxy groups -OCH3 is 1. The summed E-state index contributed by atoms with van der Waals surface area (Å²) in [7, 11) is -1.96. The van der Waals surface area contributed by atoms with Crippen molar-refractivity contribution in [1.82, 2.24) is 10.0 Å². The van der Waals surface area contributed by atoms with Gasteiger partial charge in [-0.2, -0.15) is 0 Å². The van der Waals surface area contributed by atoms with Crippen molar-refractivity contribution in [3.05, 3.63) is 59.2 Å². The molecule has 2 N–H and O–H groups in total. The van der Waals surface area contributed by atoms with Crippen molar-refractivity contribution in [2.75, 3.05) is 13.7 Å². The monoisotopic (exact) mass is 476 g/mol. The number of benzene rings is 2. The van der Waals surface area contributed by atoms with E-state index in [1.165, 1.54) is 14.0 Å². The quantitative estimate of drug-likeness (QED) is 0.339. The molecule has 0 radical (unpaired) electrons. The predicted octanol–water partition coefficient (Wildman–Crippen LogP) is 3.20. The molecule has 0 saturated carbocycles. The number of sulfonamides is 1. The second kappa shape index (κ2) is 12.4. The second-order valence-corrected chi connectivity index (χ2v) is 9.70. The smallest absolute Gasteiger partial charge is 0.220 e. The molecule has 0 bridgehead atoms. The van der Waals surface area contributed by atoms with Crippen LogP contribution in [0.4, 0.5) is 0 Å². The minimum Gasteiger partial charge on any atom is -0.493 e. The number of carbonyl (C=O) groups is 2. The SMILES string of the molecule is COc1cc(C(C)=O)ccc1OCCCC(=O)NCc1ccccc1CS(=O)(=O)NC(C)C. The highest BCUT2D eigenvalue weighted by molar-refractivity contribution is 7.88. The van der Waals surface area contributed by atoms with Gasteiger partial charge in [0.15, 0.2) is 17.3 Å². The summed E-state index contributed by atoms with van der Waals surface area (Å²) in [5.41, 5.74) is 1.94. The summed E-state index contributed by atoms with van der Waals surface area (Å²) in [5, 5.41) is 2.84. The molecule has 9 heteroatoms. The third-order valence-corrected chi connectivity index (χ3v) is 6.25. The summed E-state index contributed by atoms with van der Waals surface area (Å²) < 4.78 is 38.0. The molecule has 0 aliphatic heterocycles. The molecule has 8 nitrogen and oxygen atoms in total. The lowest BCUT2D eigenvalue weighted by Gasteiger charge is -2.14. The highest BCUT2D eigenvalue weighted by atomic mass is 32.2. The van der Waals surface area contributed by atoms with E-state index in [9.17, 15) is 18.0 Å². The summed E-state index contributed by atoms with van der Waals surface area (Å²) in [6.45, 7) is 5.56. The zero-order valence-corrected chi connectivity index (χ0v) is 20.3. The Morgan fingerprint density at radius 1 is 1.03 bits per heavy atom. The summed E-state index contributed by atoms with van der Waals surface area (Å²) in [6, 6.07) is 11.9. The van der Waals surface area contributed by atoms with E-state index >= 15 is 0 Å². The Labute approximate surface area is 195 Å². The largest absolute Gasteiger partial charge is 0.493 e. The summed E-state index contributed by atoms with van der Waals surface area (Å²) in [4.78, 5) is 23.7. The van der Waals surface area contributed by atoms with E-state index in [-0.39, 0.29) is 36.5 Å². The molecule has 1 amide bonds. The van der Waals surface area contributed by atoms with Crippen LogP contribution in [0.1, 0.15) is 55.1 Å². The fraction of sp³-hybridized carbons (Fsp3) is 0.417. The summed E-state index contributed by atoms with van der Waals surface area (Å²) >= 11 is 0. The molecular weight excluding hydrogens is 444 g/mol. The third-order valence-electron chi connectivity index (χ3n) is 4.73. The van der Waals surface area contributed by atoms with Crippen LogP contribution in [0.3, 0.4) is 0 Å². The summed E-state index contributed by atoms with van der Waals surface area (Å²) in [5.74, 6) is 0.607. The maximum absolute atomic E-state index is 12.3. The minimum atomic E-state index is -3.46. The molecule has 0 spiro atoms. The van der Waals surface area contributed by atoms with Gasteiger partial charge in [0.05, 0.1) is 19.5 Å². The van der Waals surface area contributed by atoms with Gasteiger partial charge in [0.2, 0.25) is 15.9 Å². The summed E-state index contributed by atoms with van der Waals surface area (Å²) in [6.07, 6.45) is 0.737. The van der Waals surface area contributed by atoms with Crippen LogP contribution in [0, 0.1) is 0 Å². The van der Waals surface area contributed by atoms with Crippen molar-refractivity contribution >= 4 is 21.7 Å². The first-order valence-corrected chi connectivity index (χ1v) is 12.4. The number of amides is 1. The van der Waals surface area contributed by atoms with Gasteiger partial charge in [0.1, 0.15) is 0 Å². The Hall–Kier alpha value is -2.91. The van der Waals surface area contributed by atoms with Crippen molar-refractivity contribution in [3.63, 3.8) is 0 Å². The van der Waals surface area contributed by atoms with E-state index < -0.39 is 10.0 Å². The number of nitrogens with one attached hydrogen (secondary N) is 2. The van der Waals surface area contributed by atoms with Crippen molar-refractivity contribution < 1.29 is 27.5 Å². The number of ketones is 1. The molecule has 0 unspecified atom stereocenters. The lowest BCUT2D eigenvalue weighted by molar-refractivity contribution is -0.121. The molecule has 0 atom stereocenters. The Kier molecular flexibility index (Phi) is 9.87. The number of Topliss-reactive ketones (excluding diaryl/α,β-unsaturated/α-hetero) is 1. The van der Waals surface area contributed by atoms with Crippen LogP contribution in [0.2, 0.25) is 0 Å². The molecule has 2 aromatic carbocycles. The molecule has 0 saturated heterocycles. The van der Waals surface area contributed by atoms with Gasteiger partial charge in [-0.05, 0) is 56.5 Å². The molecule has 0 heterocycles. The number of carbonyl (C=O) groups excluding carboxylic acids is 2. The van der Waals surface area contributed by atoms with Crippen LogP contribution in [0.5, 0.6) is 11.5 Å². The van der Waals surface area contributed by atoms with Crippen LogP contribution in [0.15, 0.2) is 42.5 Å². The van der Waals surface area contributed by atoms with Crippen molar-refractivity contribution in [2.24, 2.45) is 0 Å². The fourth-order valence-electron chi connectivity index (χ4n) is 3.18. The fourth-order valence-corrected chi connectivity index (χ4v) is 4.67. The van der Waals surface area contributed by atoms with E-state index in [4.69, 9.17) is 9.47 Å². The van der Waals surface area contributed by atoms with E-state index in [0.717, 1.165) is 5.56 Å². The maximum atomic E-state index is 12.3. The number of hydrogen-bond donors (Lipinski definition) is 2. The van der Waals surface area contributed by atoms with Crippen LogP contribution in [-0.4, -0.2) is 39.9 Å². The molecule has 0 aliphatic rings. The number of rotatable bonds is 13. The maximum Gasteiger partial charge on any atom is 0.220 e. The number of ether oxygens (including phenoxy) is 2. The van der Waals surface area contributed by atoms with Gasteiger partial charge in [0, 0.05) is 24.6 Å². The topological polar surface area (TPSA) is 111 Å². The van der Waals surface area contributed by atoms with Crippen molar-refractivity contribution in [2.45, 2.75) is 52.0 Å². The van der Waals surface area contributed by atoms with E-state index in [0.29, 0.717) is 35.7 Å². The molecule has 180 valence electrons. The van der Waals surface area contributed by atoms with Crippen LogP contribution in [-0.2, 0) is 27.1 Å². The zero-order valence-electron chi connectivity index (χ0n) is 19.5. The second-order valence-electron chi connectivity index (χ2n) is 7.95. The van der Waals surface area contributed by atoms with Crippen LogP contribution in [0.25, 0.3) is 0 Å². The molecule has 0 aliphatic carbocycles. The lowest BCUT2D eigenvalue weighted by atomic mass is 10.1.